The molecule has 3 N–H and O–H groups in total. The van der Waals surface area contributed by atoms with Crippen molar-refractivity contribution in [2.75, 3.05) is 43.2 Å². The number of nitrogens with zero attached hydrogens (tertiary/aromatic N) is 2. The second-order valence-corrected chi connectivity index (χ2v) is 11.3. The quantitative estimate of drug-likeness (QED) is 0.381. The summed E-state index contributed by atoms with van der Waals surface area (Å²) in [6, 6.07) is 15.1. The molecule has 2 aromatic rings. The van der Waals surface area contributed by atoms with E-state index in [9.17, 15) is 0 Å². The maximum atomic E-state index is 6.27. The molecule has 4 nitrogen and oxygen atoms in total. The van der Waals surface area contributed by atoms with Gasteiger partial charge in [0.05, 0.1) is 0 Å². The van der Waals surface area contributed by atoms with Crippen LogP contribution in [0.4, 0.5) is 11.4 Å². The van der Waals surface area contributed by atoms with E-state index in [4.69, 9.17) is 5.73 Å². The molecule has 2 heterocycles. The molecule has 2 saturated heterocycles. The van der Waals surface area contributed by atoms with E-state index in [0.717, 1.165) is 32.6 Å². The van der Waals surface area contributed by atoms with Gasteiger partial charge in [0, 0.05) is 53.1 Å². The molecule has 4 rings (SSSR count). The van der Waals surface area contributed by atoms with Crippen LogP contribution in [-0.4, -0.2) is 54.3 Å². The first-order chi connectivity index (χ1) is 13.1. The molecule has 0 atom stereocenters. The average Bonchev–Trinajstić information content (AvgIpc) is 3.56. The lowest BCUT2D eigenvalue weighted by molar-refractivity contribution is 0.780. The van der Waals surface area contributed by atoms with Gasteiger partial charge < -0.3 is 10.8 Å². The summed E-state index contributed by atoms with van der Waals surface area (Å²) < 4.78 is 5.19. The van der Waals surface area contributed by atoms with Crippen LogP contribution >= 0.6 is 15.5 Å². The summed E-state index contributed by atoms with van der Waals surface area (Å²) in [5.74, 6) is 0. The van der Waals surface area contributed by atoms with Gasteiger partial charge in [-0.1, -0.05) is 36.9 Å². The molecule has 0 spiro atoms. The van der Waals surface area contributed by atoms with Gasteiger partial charge >= 0.3 is 0 Å². The maximum absolute atomic E-state index is 6.27. The predicted molar refractivity (Wildman–Crippen MR) is 124 cm³/mol. The number of hydrogen-bond acceptors (Lipinski definition) is 4. The number of rotatable bonds is 9. The normalized spacial score (nSPS) is 17.2. The van der Waals surface area contributed by atoms with Gasteiger partial charge in [0.2, 0.25) is 0 Å². The third-order valence-electron chi connectivity index (χ3n) is 5.42. The van der Waals surface area contributed by atoms with Gasteiger partial charge in [0.25, 0.3) is 0 Å². The molecule has 27 heavy (non-hydrogen) atoms. The van der Waals surface area contributed by atoms with Crippen LogP contribution in [0.25, 0.3) is 0 Å². The van der Waals surface area contributed by atoms with Gasteiger partial charge in [-0.15, -0.1) is 0 Å². The minimum Gasteiger partial charge on any atom is -0.398 e. The van der Waals surface area contributed by atoms with E-state index < -0.39 is 7.19 Å². The largest absolute Gasteiger partial charge is 0.398 e. The summed E-state index contributed by atoms with van der Waals surface area (Å²) in [7, 11) is -0.374. The monoisotopic (exact) mass is 398 g/mol. The van der Waals surface area contributed by atoms with E-state index in [1.54, 1.807) is 0 Å². The van der Waals surface area contributed by atoms with Crippen molar-refractivity contribution in [2.45, 2.75) is 12.8 Å². The maximum Gasteiger partial charge on any atom is 0.0415 e. The number of nitrogens with one attached hydrogen (secondary N) is 1. The van der Waals surface area contributed by atoms with Crippen molar-refractivity contribution in [3.63, 3.8) is 0 Å². The zero-order valence-electron chi connectivity index (χ0n) is 15.8. The molecule has 2 aliphatic rings. The number of hydrogen-bond donors (Lipinski definition) is 2. The summed E-state index contributed by atoms with van der Waals surface area (Å²) >= 11 is 0. The van der Waals surface area contributed by atoms with Gasteiger partial charge in [0.15, 0.2) is 0 Å². The zero-order chi connectivity index (χ0) is 18.9. The number of nitrogens with two attached hydrogens (primary N) is 1. The van der Waals surface area contributed by atoms with Crippen molar-refractivity contribution < 1.29 is 0 Å². The molecule has 0 radical (unpaired) electrons. The Morgan fingerprint density at radius 3 is 2.22 bits per heavy atom. The van der Waals surface area contributed by atoms with Gasteiger partial charge in [-0.05, 0) is 53.9 Å². The Hall–Kier alpha value is -1.57. The zero-order valence-corrected chi connectivity index (χ0v) is 17.6. The lowest BCUT2D eigenvalue weighted by Gasteiger charge is -2.27. The average molecular weight is 398 g/mol. The molecule has 142 valence electrons. The highest BCUT2D eigenvalue weighted by Crippen LogP contribution is 2.59. The van der Waals surface area contributed by atoms with Crippen molar-refractivity contribution >= 4 is 39.5 Å². The van der Waals surface area contributed by atoms with E-state index in [1.165, 1.54) is 49.0 Å². The van der Waals surface area contributed by atoms with Crippen LogP contribution in [0.15, 0.2) is 42.5 Å². The van der Waals surface area contributed by atoms with Crippen LogP contribution < -0.4 is 10.8 Å². The van der Waals surface area contributed by atoms with E-state index in [1.807, 2.05) is 0 Å². The van der Waals surface area contributed by atoms with Gasteiger partial charge in [-0.3, -0.25) is 9.34 Å². The van der Waals surface area contributed by atoms with Gasteiger partial charge in [0.1, 0.15) is 0 Å². The second-order valence-electron chi connectivity index (χ2n) is 7.44. The van der Waals surface area contributed by atoms with Gasteiger partial charge in [-0.25, -0.2) is 0 Å². The third-order valence-corrected chi connectivity index (χ3v) is 9.68. The standard InChI is InChI=1S/C21H28N4P2/c1-26-23-20-6-3-17(4-7-20)15-19-16-18(5-8-21(19)22)9-14-27(2,24-10-11-24)25-12-13-25/h3-8,16,23H,1-2,9-15,22H2. The molecule has 0 aromatic heterocycles. The number of anilines is 2. The molecule has 0 bridgehead atoms. The first-order valence-electron chi connectivity index (χ1n) is 9.50. The summed E-state index contributed by atoms with van der Waals surface area (Å²) in [5.41, 5.74) is 12.1. The van der Waals surface area contributed by atoms with Crippen molar-refractivity contribution in [3.8, 4) is 0 Å². The van der Waals surface area contributed by atoms with Crippen LogP contribution in [0.2, 0.25) is 0 Å². The highest BCUT2D eigenvalue weighted by Gasteiger charge is 2.40. The van der Waals surface area contributed by atoms with E-state index >= 15 is 0 Å². The third kappa shape index (κ3) is 4.47. The number of aryl methyl sites for hydroxylation is 1. The van der Waals surface area contributed by atoms with Gasteiger partial charge in [-0.2, -0.15) is 0 Å². The van der Waals surface area contributed by atoms with Crippen molar-refractivity contribution in [1.29, 1.82) is 0 Å². The first-order valence-corrected chi connectivity index (χ1v) is 12.6. The van der Waals surface area contributed by atoms with Crippen molar-refractivity contribution in [2.24, 2.45) is 0 Å². The molecule has 0 saturated carbocycles. The molecule has 6 heteroatoms. The minimum absolute atomic E-state index is 0.866. The molecule has 2 aliphatic heterocycles. The molecular weight excluding hydrogens is 370 g/mol. The lowest BCUT2D eigenvalue weighted by Crippen LogP contribution is -2.10. The molecular formula is C21H28N4P2. The fraction of sp³-hybridized carbons (Fsp3) is 0.333. The topological polar surface area (TPSA) is 44.1 Å². The Morgan fingerprint density at radius 1 is 1.00 bits per heavy atom. The SMILES string of the molecule is C=PNc1ccc(Cc2cc(CCP(=C)(N3CC3)N3CC3)ccc2N)cc1. The molecule has 0 aliphatic carbocycles. The molecule has 2 fully saturated rings. The first kappa shape index (κ1) is 18.8. The highest BCUT2D eigenvalue weighted by molar-refractivity contribution is 7.69. The fourth-order valence-electron chi connectivity index (χ4n) is 3.58. The molecule has 2 aromatic carbocycles. The highest BCUT2D eigenvalue weighted by atomic mass is 31.2. The van der Waals surface area contributed by atoms with E-state index in [-0.39, 0.29) is 0 Å². The van der Waals surface area contributed by atoms with E-state index in [0.29, 0.717) is 0 Å². The van der Waals surface area contributed by atoms with Crippen LogP contribution in [0, 0.1) is 0 Å². The molecule has 0 unspecified atom stereocenters. The Labute approximate surface area is 164 Å². The summed E-state index contributed by atoms with van der Waals surface area (Å²) in [4.78, 5) is 0. The summed E-state index contributed by atoms with van der Waals surface area (Å²) in [5, 5.41) is 3.20. The number of benzene rings is 2. The second kappa shape index (κ2) is 7.81. The van der Waals surface area contributed by atoms with E-state index in [2.05, 4.69) is 69.5 Å². The Morgan fingerprint density at radius 2 is 1.63 bits per heavy atom. The summed E-state index contributed by atoms with van der Waals surface area (Å²) in [6.45, 7) is 4.94. The summed E-state index contributed by atoms with van der Waals surface area (Å²) in [6.07, 6.45) is 11.6. The molecule has 0 amide bonds. The fourth-order valence-corrected chi connectivity index (χ4v) is 7.12. The van der Waals surface area contributed by atoms with Crippen LogP contribution in [0.1, 0.15) is 16.7 Å². The minimum atomic E-state index is -1.29. The lowest BCUT2D eigenvalue weighted by atomic mass is 10.00. The Bertz CT molecular complexity index is 854. The van der Waals surface area contributed by atoms with Crippen molar-refractivity contribution in [1.82, 2.24) is 9.34 Å². The number of nitrogen functional groups attached to an aromatic ring is 1. The Kier molecular flexibility index (Phi) is 5.43. The van der Waals surface area contributed by atoms with Crippen LogP contribution in [0.3, 0.4) is 0 Å². The smallest absolute Gasteiger partial charge is 0.0415 e. The van der Waals surface area contributed by atoms with Crippen molar-refractivity contribution in [3.05, 3.63) is 59.2 Å². The van der Waals surface area contributed by atoms with Crippen LogP contribution in [-0.2, 0) is 12.8 Å². The van der Waals surface area contributed by atoms with Crippen LogP contribution in [0.5, 0.6) is 0 Å². The Balaban J connectivity index is 1.44. The predicted octanol–water partition coefficient (Wildman–Crippen LogP) is 4.02.